The number of nitrogens with one attached hydrogen (secondary N) is 1. The molecule has 0 unspecified atom stereocenters. The third-order valence-corrected chi connectivity index (χ3v) is 2.34. The first-order chi connectivity index (χ1) is 8.17. The van der Waals surface area contributed by atoms with Crippen molar-refractivity contribution >= 4 is 5.91 Å². The summed E-state index contributed by atoms with van der Waals surface area (Å²) in [5.41, 5.74) is 5.81. The zero-order valence-electron chi connectivity index (χ0n) is 9.83. The first-order valence-corrected chi connectivity index (χ1v) is 5.49. The van der Waals surface area contributed by atoms with Crippen molar-refractivity contribution in [3.05, 3.63) is 29.6 Å². The van der Waals surface area contributed by atoms with Crippen molar-refractivity contribution in [2.75, 3.05) is 13.7 Å². The van der Waals surface area contributed by atoms with Gasteiger partial charge in [-0.2, -0.15) is 0 Å². The molecule has 0 saturated heterocycles. The van der Waals surface area contributed by atoms with E-state index in [9.17, 15) is 9.18 Å². The van der Waals surface area contributed by atoms with Crippen LogP contribution in [0.2, 0.25) is 0 Å². The van der Waals surface area contributed by atoms with Crippen LogP contribution in [0.5, 0.6) is 5.75 Å². The maximum absolute atomic E-state index is 13.3. The maximum Gasteiger partial charge on any atom is 0.219 e. The highest BCUT2D eigenvalue weighted by atomic mass is 19.1. The summed E-state index contributed by atoms with van der Waals surface area (Å²) in [5, 5.41) is 2.52. The molecule has 1 aromatic carbocycles. The smallest absolute Gasteiger partial charge is 0.219 e. The van der Waals surface area contributed by atoms with Gasteiger partial charge in [0.05, 0.1) is 6.61 Å². The van der Waals surface area contributed by atoms with Crippen LogP contribution in [0.4, 0.5) is 4.39 Å². The van der Waals surface area contributed by atoms with Gasteiger partial charge in [-0.05, 0) is 12.5 Å². The monoisotopic (exact) mass is 240 g/mol. The number of halogens is 1. The number of hydrogen-bond donors (Lipinski definition) is 2. The molecule has 0 heterocycles. The van der Waals surface area contributed by atoms with E-state index in [1.165, 1.54) is 6.07 Å². The molecule has 94 valence electrons. The molecule has 5 heteroatoms. The van der Waals surface area contributed by atoms with Gasteiger partial charge in [0, 0.05) is 31.6 Å². The van der Waals surface area contributed by atoms with Gasteiger partial charge in [-0.25, -0.2) is 4.39 Å². The number of carbonyl (C=O) groups is 1. The van der Waals surface area contributed by atoms with Crippen LogP contribution < -0.4 is 15.8 Å². The summed E-state index contributed by atoms with van der Waals surface area (Å²) in [6.45, 7) is 0.553. The van der Waals surface area contributed by atoms with E-state index in [0.29, 0.717) is 30.8 Å². The van der Waals surface area contributed by atoms with Crippen molar-refractivity contribution in [1.82, 2.24) is 5.32 Å². The highest BCUT2D eigenvalue weighted by molar-refractivity contribution is 5.75. The molecule has 0 fully saturated rings. The largest absolute Gasteiger partial charge is 0.493 e. The van der Waals surface area contributed by atoms with E-state index < -0.39 is 0 Å². The van der Waals surface area contributed by atoms with E-state index in [2.05, 4.69) is 5.32 Å². The van der Waals surface area contributed by atoms with Crippen molar-refractivity contribution in [3.63, 3.8) is 0 Å². The number of benzene rings is 1. The topological polar surface area (TPSA) is 64.3 Å². The Balaban J connectivity index is 2.37. The van der Waals surface area contributed by atoms with Gasteiger partial charge in [-0.3, -0.25) is 4.79 Å². The first-order valence-electron chi connectivity index (χ1n) is 5.49. The fourth-order valence-electron chi connectivity index (χ4n) is 1.33. The molecule has 0 aliphatic heterocycles. The second-order valence-corrected chi connectivity index (χ2v) is 3.58. The van der Waals surface area contributed by atoms with Crippen LogP contribution in [0.25, 0.3) is 0 Å². The van der Waals surface area contributed by atoms with Crippen molar-refractivity contribution in [1.29, 1.82) is 0 Å². The normalized spacial score (nSPS) is 10.1. The lowest BCUT2D eigenvalue weighted by atomic mass is 10.2. The number of nitrogens with two attached hydrogens (primary N) is 1. The number of ether oxygens (including phenoxy) is 1. The van der Waals surface area contributed by atoms with Crippen LogP contribution in [0.1, 0.15) is 18.4 Å². The maximum atomic E-state index is 13.3. The summed E-state index contributed by atoms with van der Waals surface area (Å²) in [5.74, 6) is 0.0613. The van der Waals surface area contributed by atoms with E-state index in [-0.39, 0.29) is 18.3 Å². The summed E-state index contributed by atoms with van der Waals surface area (Å²) < 4.78 is 18.6. The summed E-state index contributed by atoms with van der Waals surface area (Å²) in [6.07, 6.45) is 1.000. The molecule has 0 aromatic heterocycles. The minimum absolute atomic E-state index is 0.0294. The summed E-state index contributed by atoms with van der Waals surface area (Å²) >= 11 is 0. The Morgan fingerprint density at radius 2 is 2.29 bits per heavy atom. The van der Waals surface area contributed by atoms with E-state index >= 15 is 0 Å². The van der Waals surface area contributed by atoms with Gasteiger partial charge in [0.1, 0.15) is 11.6 Å². The molecule has 0 bridgehead atoms. The number of hydrogen-bond acceptors (Lipinski definition) is 3. The molecule has 17 heavy (non-hydrogen) atoms. The van der Waals surface area contributed by atoms with Gasteiger partial charge >= 0.3 is 0 Å². The highest BCUT2D eigenvalue weighted by Crippen LogP contribution is 2.16. The molecule has 4 nitrogen and oxygen atoms in total. The lowest BCUT2D eigenvalue weighted by Gasteiger charge is -2.07. The Labute approximate surface area is 100.0 Å². The zero-order valence-corrected chi connectivity index (χ0v) is 9.83. The minimum atomic E-state index is -0.365. The van der Waals surface area contributed by atoms with E-state index in [1.807, 2.05) is 0 Å². The Hall–Kier alpha value is -1.62. The van der Waals surface area contributed by atoms with Crippen molar-refractivity contribution in [2.45, 2.75) is 19.4 Å². The van der Waals surface area contributed by atoms with Gasteiger partial charge in [0.25, 0.3) is 0 Å². The van der Waals surface area contributed by atoms with E-state index in [1.54, 1.807) is 19.2 Å². The van der Waals surface area contributed by atoms with Crippen LogP contribution in [0.15, 0.2) is 18.2 Å². The van der Waals surface area contributed by atoms with Crippen LogP contribution in [0, 0.1) is 5.82 Å². The molecule has 0 radical (unpaired) electrons. The minimum Gasteiger partial charge on any atom is -0.493 e. The van der Waals surface area contributed by atoms with Crippen LogP contribution >= 0.6 is 0 Å². The molecule has 1 amide bonds. The van der Waals surface area contributed by atoms with Gasteiger partial charge < -0.3 is 15.8 Å². The lowest BCUT2D eigenvalue weighted by Crippen LogP contribution is -2.18. The van der Waals surface area contributed by atoms with E-state index in [4.69, 9.17) is 10.5 Å². The van der Waals surface area contributed by atoms with Crippen molar-refractivity contribution in [2.24, 2.45) is 5.73 Å². The zero-order chi connectivity index (χ0) is 12.7. The number of amides is 1. The van der Waals surface area contributed by atoms with Crippen LogP contribution in [-0.4, -0.2) is 19.6 Å². The van der Waals surface area contributed by atoms with Crippen LogP contribution in [0.3, 0.4) is 0 Å². The Morgan fingerprint density at radius 3 is 2.88 bits per heavy atom. The fourth-order valence-corrected chi connectivity index (χ4v) is 1.33. The Bertz CT molecular complexity index is 383. The predicted molar refractivity (Wildman–Crippen MR) is 63.1 cm³/mol. The molecule has 0 aliphatic carbocycles. The molecule has 0 saturated carbocycles. The van der Waals surface area contributed by atoms with Gasteiger partial charge in [0.2, 0.25) is 5.91 Å². The number of rotatable bonds is 6. The Morgan fingerprint density at radius 1 is 1.53 bits per heavy atom. The van der Waals surface area contributed by atoms with Crippen molar-refractivity contribution < 1.29 is 13.9 Å². The summed E-state index contributed by atoms with van der Waals surface area (Å²) in [7, 11) is 1.59. The van der Waals surface area contributed by atoms with Gasteiger partial charge in [0.15, 0.2) is 0 Å². The predicted octanol–water partition coefficient (Wildman–Crippen LogP) is 1.19. The highest BCUT2D eigenvalue weighted by Gasteiger charge is 2.03. The standard InChI is InChI=1S/C12H17FN2O2/c1-15-12(16)3-2-6-17-10-5-4-9(8-14)11(13)7-10/h4-5,7H,2-3,6,8,14H2,1H3,(H,15,16). The Kier molecular flexibility index (Phi) is 5.42. The lowest BCUT2D eigenvalue weighted by molar-refractivity contribution is -0.120. The molecule has 3 N–H and O–H groups in total. The average Bonchev–Trinajstić information content (AvgIpc) is 2.34. The third kappa shape index (κ3) is 4.40. The third-order valence-electron chi connectivity index (χ3n) is 2.34. The van der Waals surface area contributed by atoms with E-state index in [0.717, 1.165) is 0 Å². The molecule has 0 aliphatic rings. The molecule has 1 aromatic rings. The molecule has 1 rings (SSSR count). The van der Waals surface area contributed by atoms with Gasteiger partial charge in [-0.15, -0.1) is 0 Å². The van der Waals surface area contributed by atoms with Gasteiger partial charge in [-0.1, -0.05) is 6.07 Å². The van der Waals surface area contributed by atoms with Crippen molar-refractivity contribution in [3.8, 4) is 5.75 Å². The second-order valence-electron chi connectivity index (χ2n) is 3.58. The quantitative estimate of drug-likeness (QED) is 0.734. The second kappa shape index (κ2) is 6.85. The fraction of sp³-hybridized carbons (Fsp3) is 0.417. The molecule has 0 spiro atoms. The average molecular weight is 240 g/mol. The molecule has 0 atom stereocenters. The number of carbonyl (C=O) groups excluding carboxylic acids is 1. The van der Waals surface area contributed by atoms with Crippen LogP contribution in [-0.2, 0) is 11.3 Å². The summed E-state index contributed by atoms with van der Waals surface area (Å²) in [6, 6.07) is 4.58. The first kappa shape index (κ1) is 13.4. The molecular weight excluding hydrogens is 223 g/mol. The summed E-state index contributed by atoms with van der Waals surface area (Å²) in [4.78, 5) is 10.9. The molecular formula is C12H17FN2O2. The SMILES string of the molecule is CNC(=O)CCCOc1ccc(CN)c(F)c1.